The predicted molar refractivity (Wildman–Crippen MR) is 70.2 cm³/mol. The normalized spacial score (nSPS) is 13.1. The van der Waals surface area contributed by atoms with Gasteiger partial charge in [-0.05, 0) is 48.0 Å². The van der Waals surface area contributed by atoms with Crippen molar-refractivity contribution < 1.29 is 17.9 Å². The van der Waals surface area contributed by atoms with Gasteiger partial charge in [0.1, 0.15) is 5.82 Å². The lowest BCUT2D eigenvalue weighted by Gasteiger charge is -2.33. The van der Waals surface area contributed by atoms with Crippen molar-refractivity contribution in [3.8, 4) is 0 Å². The number of halogens is 2. The highest BCUT2D eigenvalue weighted by Crippen LogP contribution is 2.28. The molecule has 0 atom stereocenters. The Labute approximate surface area is 115 Å². The van der Waals surface area contributed by atoms with Crippen molar-refractivity contribution in [3.05, 3.63) is 28.5 Å². The van der Waals surface area contributed by atoms with Gasteiger partial charge in [0, 0.05) is 11.5 Å². The van der Waals surface area contributed by atoms with Crippen molar-refractivity contribution in [2.75, 3.05) is 13.7 Å². The van der Waals surface area contributed by atoms with E-state index in [1.807, 2.05) is 0 Å². The van der Waals surface area contributed by atoms with E-state index in [1.165, 1.54) is 13.1 Å². The number of hydrogen-bond acceptors (Lipinski definition) is 3. The van der Waals surface area contributed by atoms with Gasteiger partial charge in [-0.25, -0.2) is 12.8 Å². The molecule has 0 aliphatic heterocycles. The van der Waals surface area contributed by atoms with Crippen LogP contribution in [0.1, 0.15) is 13.8 Å². The third kappa shape index (κ3) is 2.90. The van der Waals surface area contributed by atoms with Crippen LogP contribution in [0.15, 0.2) is 27.6 Å². The maximum absolute atomic E-state index is 13.0. The Morgan fingerprint density at radius 3 is 2.44 bits per heavy atom. The molecular formula is C11H15BrFNO3S. The van der Waals surface area contributed by atoms with Crippen LogP contribution >= 0.6 is 15.9 Å². The number of hydrogen-bond donors (Lipinski definition) is 1. The summed E-state index contributed by atoms with van der Waals surface area (Å²) < 4.78 is 38.8. The molecule has 1 rings (SSSR count). The summed E-state index contributed by atoms with van der Waals surface area (Å²) in [6.07, 6.45) is 0. The van der Waals surface area contributed by atoms with Crippen LogP contribution in [0.5, 0.6) is 0 Å². The molecule has 0 fully saturated rings. The monoisotopic (exact) mass is 339 g/mol. The average Bonchev–Trinajstić information content (AvgIpc) is 2.27. The fourth-order valence-corrected chi connectivity index (χ4v) is 3.77. The molecule has 0 saturated heterocycles. The van der Waals surface area contributed by atoms with Crippen molar-refractivity contribution in [1.29, 1.82) is 0 Å². The van der Waals surface area contributed by atoms with Gasteiger partial charge in [0.05, 0.1) is 17.0 Å². The number of rotatable bonds is 4. The molecule has 1 N–H and O–H groups in total. The van der Waals surface area contributed by atoms with Crippen LogP contribution in [-0.4, -0.2) is 37.0 Å². The molecule has 0 aliphatic carbocycles. The summed E-state index contributed by atoms with van der Waals surface area (Å²) in [6, 6.07) is 3.36. The Bertz CT molecular complexity index is 545. The van der Waals surface area contributed by atoms with Gasteiger partial charge < -0.3 is 5.11 Å². The summed E-state index contributed by atoms with van der Waals surface area (Å²) in [5.41, 5.74) is -0.938. The lowest BCUT2D eigenvalue weighted by Crippen LogP contribution is -2.47. The van der Waals surface area contributed by atoms with Crippen LogP contribution in [0.3, 0.4) is 0 Å². The minimum atomic E-state index is -3.80. The van der Waals surface area contributed by atoms with Gasteiger partial charge >= 0.3 is 0 Å². The Balaban J connectivity index is 3.30. The number of likely N-dealkylation sites (N-methyl/N-ethyl adjacent to an activating group) is 1. The van der Waals surface area contributed by atoms with Crippen molar-refractivity contribution in [2.24, 2.45) is 0 Å². The van der Waals surface area contributed by atoms with E-state index in [0.29, 0.717) is 0 Å². The number of aliphatic hydroxyl groups excluding tert-OH is 1. The summed E-state index contributed by atoms with van der Waals surface area (Å²) in [4.78, 5) is -0.0343. The van der Waals surface area contributed by atoms with Crippen molar-refractivity contribution in [3.63, 3.8) is 0 Å². The lowest BCUT2D eigenvalue weighted by molar-refractivity contribution is 0.138. The van der Waals surface area contributed by atoms with Crippen LogP contribution < -0.4 is 0 Å². The zero-order valence-electron chi connectivity index (χ0n) is 10.3. The average molecular weight is 340 g/mol. The predicted octanol–water partition coefficient (Wildman–Crippen LogP) is 1.98. The smallest absolute Gasteiger partial charge is 0.244 e. The van der Waals surface area contributed by atoms with Crippen molar-refractivity contribution >= 4 is 26.0 Å². The third-order valence-electron chi connectivity index (χ3n) is 2.77. The highest BCUT2D eigenvalue weighted by Gasteiger charge is 2.34. The molecule has 0 aliphatic rings. The fourth-order valence-electron chi connectivity index (χ4n) is 1.26. The van der Waals surface area contributed by atoms with E-state index in [9.17, 15) is 17.9 Å². The van der Waals surface area contributed by atoms with Crippen LogP contribution in [0.4, 0.5) is 4.39 Å². The molecule has 0 aromatic heterocycles. The molecular weight excluding hydrogens is 325 g/mol. The van der Waals surface area contributed by atoms with E-state index in [-0.39, 0.29) is 16.0 Å². The summed E-state index contributed by atoms with van der Waals surface area (Å²) in [6.45, 7) is 2.88. The second-order valence-corrected chi connectivity index (χ2v) is 7.31. The first-order valence-electron chi connectivity index (χ1n) is 5.18. The van der Waals surface area contributed by atoms with Crippen LogP contribution in [0.2, 0.25) is 0 Å². The SMILES string of the molecule is CN(C(C)(C)CO)S(=O)(=O)c1ccc(F)cc1Br. The summed E-state index contributed by atoms with van der Waals surface area (Å²) in [5, 5.41) is 9.21. The first-order chi connectivity index (χ1) is 8.13. The zero-order valence-corrected chi connectivity index (χ0v) is 12.7. The molecule has 1 aromatic rings. The molecule has 0 saturated carbocycles. The second kappa shape index (κ2) is 5.24. The molecule has 102 valence electrons. The molecule has 0 radical (unpaired) electrons. The maximum atomic E-state index is 13.0. The van der Waals surface area contributed by atoms with Gasteiger partial charge in [-0.2, -0.15) is 4.31 Å². The van der Waals surface area contributed by atoms with Gasteiger partial charge in [0.15, 0.2) is 0 Å². The van der Waals surface area contributed by atoms with Gasteiger partial charge in [0.25, 0.3) is 0 Å². The number of aliphatic hydroxyl groups is 1. The van der Waals surface area contributed by atoms with Crippen molar-refractivity contribution in [2.45, 2.75) is 24.3 Å². The Morgan fingerprint density at radius 2 is 2.00 bits per heavy atom. The zero-order chi connectivity index (χ0) is 14.1. The first kappa shape index (κ1) is 15.6. The van der Waals surface area contributed by atoms with Crippen molar-refractivity contribution in [1.82, 2.24) is 4.31 Å². The van der Waals surface area contributed by atoms with Gasteiger partial charge in [-0.15, -0.1) is 0 Å². The molecule has 4 nitrogen and oxygen atoms in total. The first-order valence-corrected chi connectivity index (χ1v) is 7.41. The highest BCUT2D eigenvalue weighted by molar-refractivity contribution is 9.10. The fraction of sp³-hybridized carbons (Fsp3) is 0.455. The van der Waals surface area contributed by atoms with Gasteiger partial charge in [-0.1, -0.05) is 0 Å². The Hall–Kier alpha value is -0.500. The summed E-state index contributed by atoms with van der Waals surface area (Å²) in [7, 11) is -2.42. The molecule has 7 heteroatoms. The minimum Gasteiger partial charge on any atom is -0.394 e. The molecule has 0 bridgehead atoms. The third-order valence-corrected chi connectivity index (χ3v) is 5.82. The minimum absolute atomic E-state index is 0.0343. The van der Waals surface area contributed by atoms with E-state index in [4.69, 9.17) is 0 Å². The molecule has 0 spiro atoms. The van der Waals surface area contributed by atoms with E-state index < -0.39 is 21.4 Å². The molecule has 0 unspecified atom stereocenters. The number of sulfonamides is 1. The molecule has 1 aromatic carbocycles. The highest BCUT2D eigenvalue weighted by atomic mass is 79.9. The van der Waals surface area contributed by atoms with Crippen LogP contribution in [0, 0.1) is 5.82 Å². The topological polar surface area (TPSA) is 57.6 Å². The van der Waals surface area contributed by atoms with E-state index in [1.54, 1.807) is 13.8 Å². The standard InChI is InChI=1S/C11H15BrFNO3S/c1-11(2,7-15)14(3)18(16,17)10-5-4-8(13)6-9(10)12/h4-6,15H,7H2,1-3H3. The lowest BCUT2D eigenvalue weighted by atomic mass is 10.1. The van der Waals surface area contributed by atoms with Crippen LogP contribution in [-0.2, 0) is 10.0 Å². The van der Waals surface area contributed by atoms with E-state index >= 15 is 0 Å². The second-order valence-electron chi connectivity index (χ2n) is 4.52. The molecule has 0 amide bonds. The quantitative estimate of drug-likeness (QED) is 0.912. The summed E-state index contributed by atoms with van der Waals surface area (Å²) >= 11 is 3.03. The summed E-state index contributed by atoms with van der Waals surface area (Å²) in [5.74, 6) is -0.523. The van der Waals surface area contributed by atoms with Gasteiger partial charge in [0.2, 0.25) is 10.0 Å². The Kier molecular flexibility index (Phi) is 4.53. The van der Waals surface area contributed by atoms with E-state index in [0.717, 1.165) is 16.4 Å². The Morgan fingerprint density at radius 1 is 1.44 bits per heavy atom. The number of nitrogens with zero attached hydrogens (tertiary/aromatic N) is 1. The molecule has 18 heavy (non-hydrogen) atoms. The molecule has 0 heterocycles. The van der Waals surface area contributed by atoms with Crippen LogP contribution in [0.25, 0.3) is 0 Å². The van der Waals surface area contributed by atoms with E-state index in [2.05, 4.69) is 15.9 Å². The number of benzene rings is 1. The maximum Gasteiger partial charge on any atom is 0.244 e. The largest absolute Gasteiger partial charge is 0.394 e. The van der Waals surface area contributed by atoms with Gasteiger partial charge in [-0.3, -0.25) is 0 Å².